The standard InChI is InChI=1S/C34H32Cl5N3O4/c1-19(43)41-17-22-13-25(20-5-9-24(10-6-20)45-11-12-46-31-15-28(37)27(36)14-29(31)38)32(30(18-41)40-22)34(44)42(23-7-8-23)16-21-3-2-4-26(35)33(21)39/h2-6,9-10,14-15,22-23,30,40H,7-8,11-13,16-18H2,1H3/t22-,30-/m1/s1. The molecular weight excluding hydrogens is 692 g/mol. The molecule has 1 N–H and O–H groups in total. The lowest BCUT2D eigenvalue weighted by Crippen LogP contribution is -2.61. The Morgan fingerprint density at radius 3 is 2.33 bits per heavy atom. The van der Waals surface area contributed by atoms with E-state index in [1.54, 1.807) is 19.1 Å². The zero-order chi connectivity index (χ0) is 32.5. The molecule has 1 aliphatic carbocycles. The van der Waals surface area contributed by atoms with Crippen LogP contribution in [0.1, 0.15) is 37.3 Å². The second-order valence-corrected chi connectivity index (χ2v) is 13.7. The van der Waals surface area contributed by atoms with Crippen LogP contribution in [0.4, 0.5) is 0 Å². The Labute approximate surface area is 293 Å². The van der Waals surface area contributed by atoms with Gasteiger partial charge in [-0.1, -0.05) is 82.3 Å². The lowest BCUT2D eigenvalue weighted by atomic mass is 9.82. The fourth-order valence-electron chi connectivity index (χ4n) is 6.06. The van der Waals surface area contributed by atoms with Gasteiger partial charge in [0.1, 0.15) is 24.7 Å². The number of fused-ring (bicyclic) bond motifs is 2. The number of benzene rings is 3. The Hall–Kier alpha value is -2.65. The predicted molar refractivity (Wildman–Crippen MR) is 183 cm³/mol. The van der Waals surface area contributed by atoms with E-state index in [0.717, 1.165) is 29.5 Å². The van der Waals surface area contributed by atoms with Crippen LogP contribution < -0.4 is 14.8 Å². The normalized spacial score (nSPS) is 19.2. The fourth-order valence-corrected chi connectivity index (χ4v) is 7.04. The van der Waals surface area contributed by atoms with Crippen molar-refractivity contribution in [3.63, 3.8) is 0 Å². The van der Waals surface area contributed by atoms with Crippen LogP contribution in [-0.4, -0.2) is 66.0 Å². The number of amides is 2. The Bertz CT molecular complexity index is 1680. The van der Waals surface area contributed by atoms with Gasteiger partial charge in [-0.3, -0.25) is 9.59 Å². The van der Waals surface area contributed by atoms with Crippen molar-refractivity contribution in [2.24, 2.45) is 0 Å². The highest BCUT2D eigenvalue weighted by Crippen LogP contribution is 2.39. The maximum Gasteiger partial charge on any atom is 0.252 e. The summed E-state index contributed by atoms with van der Waals surface area (Å²) in [5.41, 5.74) is 3.42. The van der Waals surface area contributed by atoms with E-state index >= 15 is 0 Å². The van der Waals surface area contributed by atoms with Crippen LogP contribution in [0.15, 0.2) is 60.2 Å². The zero-order valence-corrected chi connectivity index (χ0v) is 28.8. The second kappa shape index (κ2) is 14.2. The SMILES string of the molecule is CC(=O)N1C[C@H]2CC(c3ccc(OCCOc4cc(Cl)c(Cl)cc4Cl)cc3)=C(C(=O)N(Cc3cccc(Cl)c3Cl)C3CC3)[C@@H](C1)N2. The molecule has 3 aromatic rings. The molecule has 2 amide bonds. The summed E-state index contributed by atoms with van der Waals surface area (Å²) in [6.07, 6.45) is 2.47. The van der Waals surface area contributed by atoms with Gasteiger partial charge in [0.15, 0.2) is 0 Å². The summed E-state index contributed by atoms with van der Waals surface area (Å²) < 4.78 is 11.6. The van der Waals surface area contributed by atoms with E-state index in [0.29, 0.717) is 68.2 Å². The molecule has 2 fully saturated rings. The average Bonchev–Trinajstić information content (AvgIpc) is 3.87. The zero-order valence-electron chi connectivity index (χ0n) is 25.0. The van der Waals surface area contributed by atoms with Crippen molar-refractivity contribution in [1.29, 1.82) is 0 Å². The third-order valence-electron chi connectivity index (χ3n) is 8.49. The first-order valence-corrected chi connectivity index (χ1v) is 17.0. The predicted octanol–water partition coefficient (Wildman–Crippen LogP) is 7.95. The molecule has 7 nitrogen and oxygen atoms in total. The van der Waals surface area contributed by atoms with Gasteiger partial charge in [0.25, 0.3) is 5.91 Å². The molecule has 3 aromatic carbocycles. The van der Waals surface area contributed by atoms with Crippen molar-refractivity contribution in [3.05, 3.63) is 96.4 Å². The van der Waals surface area contributed by atoms with E-state index in [2.05, 4.69) is 5.32 Å². The number of hydrogen-bond donors (Lipinski definition) is 1. The van der Waals surface area contributed by atoms with Gasteiger partial charge in [-0.05, 0) is 60.2 Å². The quantitative estimate of drug-likeness (QED) is 0.170. The van der Waals surface area contributed by atoms with Gasteiger partial charge in [0.05, 0.1) is 31.2 Å². The van der Waals surface area contributed by atoms with E-state index in [-0.39, 0.29) is 43.2 Å². The van der Waals surface area contributed by atoms with Crippen LogP contribution >= 0.6 is 58.0 Å². The van der Waals surface area contributed by atoms with Crippen LogP contribution in [0.25, 0.3) is 5.57 Å². The monoisotopic (exact) mass is 721 g/mol. The van der Waals surface area contributed by atoms with Crippen LogP contribution in [0, 0.1) is 0 Å². The van der Waals surface area contributed by atoms with Crippen molar-refractivity contribution in [2.75, 3.05) is 26.3 Å². The maximum absolute atomic E-state index is 14.5. The van der Waals surface area contributed by atoms with Gasteiger partial charge >= 0.3 is 0 Å². The number of piperazine rings is 1. The first-order chi connectivity index (χ1) is 22.1. The third-order valence-corrected chi connectivity index (χ3v) is 10.4. The highest BCUT2D eigenvalue weighted by Gasteiger charge is 2.43. The Morgan fingerprint density at radius 2 is 1.61 bits per heavy atom. The molecule has 2 heterocycles. The Balaban J connectivity index is 1.23. The maximum atomic E-state index is 14.5. The lowest BCUT2D eigenvalue weighted by Gasteiger charge is -2.44. The number of nitrogens with one attached hydrogen (secondary N) is 1. The summed E-state index contributed by atoms with van der Waals surface area (Å²) >= 11 is 31.1. The molecule has 1 saturated heterocycles. The number of ether oxygens (including phenoxy) is 2. The van der Waals surface area contributed by atoms with Gasteiger partial charge in [0.2, 0.25) is 5.91 Å². The molecule has 0 radical (unpaired) electrons. The number of halogens is 5. The van der Waals surface area contributed by atoms with Crippen molar-refractivity contribution in [2.45, 2.75) is 50.9 Å². The topological polar surface area (TPSA) is 71.1 Å². The summed E-state index contributed by atoms with van der Waals surface area (Å²) in [6, 6.07) is 16.2. The molecule has 1 saturated carbocycles. The van der Waals surface area contributed by atoms with Crippen LogP contribution in [-0.2, 0) is 16.1 Å². The number of nitrogens with zero attached hydrogens (tertiary/aromatic N) is 2. The third kappa shape index (κ3) is 7.40. The minimum atomic E-state index is -0.295. The largest absolute Gasteiger partial charge is 0.490 e. The van der Waals surface area contributed by atoms with Crippen LogP contribution in [0.3, 0.4) is 0 Å². The molecule has 0 aromatic heterocycles. The van der Waals surface area contributed by atoms with E-state index in [1.165, 1.54) is 6.07 Å². The molecule has 2 aliphatic heterocycles. The van der Waals surface area contributed by atoms with Crippen molar-refractivity contribution >= 4 is 75.4 Å². The number of rotatable bonds is 10. The van der Waals surface area contributed by atoms with E-state index < -0.39 is 0 Å². The molecule has 12 heteroatoms. The van der Waals surface area contributed by atoms with Crippen molar-refractivity contribution < 1.29 is 19.1 Å². The summed E-state index contributed by atoms with van der Waals surface area (Å²) in [5.74, 6) is 1.04. The van der Waals surface area contributed by atoms with Gasteiger partial charge in [-0.25, -0.2) is 0 Å². The molecule has 2 bridgehead atoms. The lowest BCUT2D eigenvalue weighted by molar-refractivity contribution is -0.132. The van der Waals surface area contributed by atoms with Gasteiger partial charge in [-0.2, -0.15) is 0 Å². The first-order valence-electron chi connectivity index (χ1n) is 15.1. The van der Waals surface area contributed by atoms with Gasteiger partial charge in [-0.15, -0.1) is 0 Å². The molecule has 3 aliphatic rings. The molecular formula is C34H32Cl5N3O4. The highest BCUT2D eigenvalue weighted by atomic mass is 35.5. The fraction of sp³-hybridized carbons (Fsp3) is 0.353. The van der Waals surface area contributed by atoms with Crippen molar-refractivity contribution in [1.82, 2.24) is 15.1 Å². The molecule has 0 spiro atoms. The van der Waals surface area contributed by atoms with E-state index in [4.69, 9.17) is 67.5 Å². The van der Waals surface area contributed by atoms with E-state index in [1.807, 2.05) is 46.2 Å². The number of carbonyl (C=O) groups is 2. The summed E-state index contributed by atoms with van der Waals surface area (Å²) in [4.78, 5) is 30.7. The van der Waals surface area contributed by atoms with Crippen LogP contribution in [0.2, 0.25) is 25.1 Å². The number of carbonyl (C=O) groups excluding carboxylic acids is 2. The van der Waals surface area contributed by atoms with E-state index in [9.17, 15) is 9.59 Å². The first kappa shape index (κ1) is 33.3. The minimum absolute atomic E-state index is 0.00317. The van der Waals surface area contributed by atoms with Gasteiger partial charge in [0, 0.05) is 50.3 Å². The summed E-state index contributed by atoms with van der Waals surface area (Å²) in [6.45, 7) is 3.47. The molecule has 2 atom stereocenters. The molecule has 6 rings (SSSR count). The average molecular weight is 724 g/mol. The van der Waals surface area contributed by atoms with Crippen molar-refractivity contribution in [3.8, 4) is 11.5 Å². The molecule has 0 unspecified atom stereocenters. The van der Waals surface area contributed by atoms with Crippen LogP contribution in [0.5, 0.6) is 11.5 Å². The Kier molecular flexibility index (Phi) is 10.3. The Morgan fingerprint density at radius 1 is 0.891 bits per heavy atom. The highest BCUT2D eigenvalue weighted by molar-refractivity contribution is 6.43. The second-order valence-electron chi connectivity index (χ2n) is 11.7. The molecule has 46 heavy (non-hydrogen) atoms. The number of hydrogen-bond acceptors (Lipinski definition) is 5. The molecule has 242 valence electrons. The smallest absolute Gasteiger partial charge is 0.252 e. The van der Waals surface area contributed by atoms with Gasteiger partial charge < -0.3 is 24.6 Å². The minimum Gasteiger partial charge on any atom is -0.490 e. The summed E-state index contributed by atoms with van der Waals surface area (Å²) in [5, 5.41) is 5.62. The summed E-state index contributed by atoms with van der Waals surface area (Å²) in [7, 11) is 0.